The Balaban J connectivity index is 1.54. The van der Waals surface area contributed by atoms with Gasteiger partial charge in [0, 0.05) is 37.8 Å². The average molecular weight is 595 g/mol. The number of benzene rings is 4. The molecule has 2 aliphatic heterocycles. The van der Waals surface area contributed by atoms with E-state index in [2.05, 4.69) is 15.9 Å². The van der Waals surface area contributed by atoms with Gasteiger partial charge in [-0.3, -0.25) is 14.4 Å². The van der Waals surface area contributed by atoms with E-state index in [9.17, 15) is 14.4 Å². The molecule has 2 heterocycles. The van der Waals surface area contributed by atoms with Crippen molar-refractivity contribution in [3.63, 3.8) is 0 Å². The van der Waals surface area contributed by atoms with Crippen molar-refractivity contribution >= 4 is 56.6 Å². The lowest BCUT2D eigenvalue weighted by Crippen LogP contribution is -2.48. The molecule has 3 atom stereocenters. The third-order valence-corrected chi connectivity index (χ3v) is 9.12. The molecule has 1 aliphatic carbocycles. The summed E-state index contributed by atoms with van der Waals surface area (Å²) >= 11 is 9.67. The zero-order valence-corrected chi connectivity index (χ0v) is 22.9. The van der Waals surface area contributed by atoms with Crippen LogP contribution in [-0.2, 0) is 0 Å². The van der Waals surface area contributed by atoms with Gasteiger partial charge in [0.1, 0.15) is 11.5 Å². The number of hydrogen-bond acceptors (Lipinski definition) is 4. The standard InChI is InChI=1S/C33H21BrClNO3/c34-22-14-9-20(10-15-22)28-29(30(37)21-11-16-23(35)17-12-21)36-26-8-4-1-5-19(26)13-18-27(36)33(28)31(38)24-6-2-3-7-25(24)32(33)39/h1-18,27-29H/t27-,28-,29+/m1/s1. The van der Waals surface area contributed by atoms with Crippen LogP contribution in [0.4, 0.5) is 5.69 Å². The molecule has 6 heteroatoms. The predicted molar refractivity (Wildman–Crippen MR) is 156 cm³/mol. The summed E-state index contributed by atoms with van der Waals surface area (Å²) in [4.78, 5) is 45.7. The van der Waals surface area contributed by atoms with Gasteiger partial charge in [0.25, 0.3) is 0 Å². The van der Waals surface area contributed by atoms with Crippen LogP contribution < -0.4 is 4.90 Å². The van der Waals surface area contributed by atoms with Gasteiger partial charge in [0.05, 0.1) is 6.04 Å². The Hall–Kier alpha value is -3.80. The first kappa shape index (κ1) is 24.3. The Morgan fingerprint density at radius 2 is 1.41 bits per heavy atom. The van der Waals surface area contributed by atoms with E-state index in [4.69, 9.17) is 11.6 Å². The van der Waals surface area contributed by atoms with Crippen LogP contribution in [0.5, 0.6) is 0 Å². The van der Waals surface area contributed by atoms with Crippen molar-refractivity contribution in [3.05, 3.63) is 140 Å². The summed E-state index contributed by atoms with van der Waals surface area (Å²) in [6, 6.07) is 27.8. The molecule has 4 nitrogen and oxygen atoms in total. The minimum Gasteiger partial charge on any atom is -0.352 e. The van der Waals surface area contributed by atoms with Gasteiger partial charge in [0.2, 0.25) is 0 Å². The second-order valence-corrected chi connectivity index (χ2v) is 11.5. The van der Waals surface area contributed by atoms with Crippen LogP contribution in [0.2, 0.25) is 5.02 Å². The van der Waals surface area contributed by atoms with Crippen LogP contribution in [0.25, 0.3) is 6.08 Å². The maximum Gasteiger partial charge on any atom is 0.185 e. The quantitative estimate of drug-likeness (QED) is 0.183. The lowest BCUT2D eigenvalue weighted by molar-refractivity contribution is 0.0666. The van der Waals surface area contributed by atoms with Crippen LogP contribution in [-0.4, -0.2) is 29.4 Å². The third-order valence-electron chi connectivity index (χ3n) is 8.34. The van der Waals surface area contributed by atoms with Crippen molar-refractivity contribution in [2.24, 2.45) is 5.41 Å². The molecule has 3 aliphatic rings. The number of carbonyl (C=O) groups is 3. The Morgan fingerprint density at radius 3 is 2.08 bits per heavy atom. The molecule has 1 fully saturated rings. The minimum absolute atomic E-state index is 0.164. The van der Waals surface area contributed by atoms with Gasteiger partial charge in [-0.15, -0.1) is 0 Å². The fraction of sp³-hybridized carbons (Fsp3) is 0.121. The zero-order valence-electron chi connectivity index (χ0n) is 20.6. The highest BCUT2D eigenvalue weighted by molar-refractivity contribution is 9.10. The third kappa shape index (κ3) is 3.33. The molecule has 0 aromatic heterocycles. The highest BCUT2D eigenvalue weighted by Crippen LogP contribution is 2.61. The number of fused-ring (bicyclic) bond motifs is 5. The first-order chi connectivity index (χ1) is 18.9. The van der Waals surface area contributed by atoms with Gasteiger partial charge in [-0.2, -0.15) is 0 Å². The molecular weight excluding hydrogens is 574 g/mol. The van der Waals surface area contributed by atoms with Crippen LogP contribution in [0.1, 0.15) is 48.1 Å². The van der Waals surface area contributed by atoms with Crippen molar-refractivity contribution in [1.29, 1.82) is 0 Å². The summed E-state index contributed by atoms with van der Waals surface area (Å²) in [6.45, 7) is 0. The topological polar surface area (TPSA) is 54.5 Å². The SMILES string of the molecule is O=C(c1ccc(Cl)cc1)[C@@H]1[C@@H](c2ccc(Br)cc2)C2(C(=O)c3ccccc3C2=O)[C@H]2C=Cc3ccccc3N12. The molecule has 1 saturated heterocycles. The van der Waals surface area contributed by atoms with E-state index in [1.807, 2.05) is 65.6 Å². The number of hydrogen-bond donors (Lipinski definition) is 0. The smallest absolute Gasteiger partial charge is 0.185 e. The van der Waals surface area contributed by atoms with Crippen LogP contribution >= 0.6 is 27.5 Å². The van der Waals surface area contributed by atoms with Gasteiger partial charge >= 0.3 is 0 Å². The van der Waals surface area contributed by atoms with Crippen LogP contribution in [0.15, 0.2) is 108 Å². The Morgan fingerprint density at radius 1 is 0.795 bits per heavy atom. The largest absolute Gasteiger partial charge is 0.352 e. The Bertz CT molecular complexity index is 1670. The molecule has 190 valence electrons. The van der Waals surface area contributed by atoms with E-state index in [0.29, 0.717) is 21.7 Å². The van der Waals surface area contributed by atoms with Gasteiger partial charge in [-0.1, -0.05) is 94.3 Å². The molecule has 4 aromatic carbocycles. The van der Waals surface area contributed by atoms with Crippen molar-refractivity contribution in [1.82, 2.24) is 0 Å². The molecule has 0 N–H and O–H groups in total. The number of ketones is 3. The summed E-state index contributed by atoms with van der Waals surface area (Å²) in [7, 11) is 0. The highest BCUT2D eigenvalue weighted by Gasteiger charge is 2.71. The van der Waals surface area contributed by atoms with E-state index in [1.165, 1.54) is 0 Å². The molecule has 0 unspecified atom stereocenters. The lowest BCUT2D eigenvalue weighted by Gasteiger charge is -2.37. The summed E-state index contributed by atoms with van der Waals surface area (Å²) in [5.74, 6) is -1.37. The number of Topliss-reactive ketones (excluding diaryl/α,β-unsaturated/α-hetero) is 3. The fourth-order valence-electron chi connectivity index (χ4n) is 6.75. The van der Waals surface area contributed by atoms with E-state index in [1.54, 1.807) is 48.5 Å². The number of para-hydroxylation sites is 1. The molecule has 0 radical (unpaired) electrons. The molecule has 4 aromatic rings. The van der Waals surface area contributed by atoms with E-state index >= 15 is 0 Å². The lowest BCUT2D eigenvalue weighted by atomic mass is 9.64. The van der Waals surface area contributed by atoms with Crippen molar-refractivity contribution < 1.29 is 14.4 Å². The Labute approximate surface area is 239 Å². The molecule has 0 amide bonds. The Kier molecular flexibility index (Phi) is 5.51. The second kappa shape index (κ2) is 8.87. The fourth-order valence-corrected chi connectivity index (χ4v) is 7.14. The summed E-state index contributed by atoms with van der Waals surface area (Å²) in [5, 5.41) is 0.527. The molecular formula is C33H21BrClNO3. The number of rotatable bonds is 3. The number of carbonyl (C=O) groups excluding carboxylic acids is 3. The predicted octanol–water partition coefficient (Wildman–Crippen LogP) is 7.42. The van der Waals surface area contributed by atoms with E-state index < -0.39 is 23.4 Å². The van der Waals surface area contributed by atoms with Gasteiger partial charge in [0.15, 0.2) is 17.3 Å². The number of halogens is 2. The molecule has 39 heavy (non-hydrogen) atoms. The zero-order chi connectivity index (χ0) is 26.9. The summed E-state index contributed by atoms with van der Waals surface area (Å²) < 4.78 is 0.870. The molecule has 7 rings (SSSR count). The van der Waals surface area contributed by atoms with E-state index in [-0.39, 0.29) is 17.3 Å². The molecule has 0 saturated carbocycles. The maximum atomic E-state index is 14.6. The van der Waals surface area contributed by atoms with Gasteiger partial charge < -0.3 is 4.90 Å². The second-order valence-electron chi connectivity index (χ2n) is 10.2. The molecule has 1 spiro atoms. The van der Waals surface area contributed by atoms with Crippen molar-refractivity contribution in [2.45, 2.75) is 18.0 Å². The average Bonchev–Trinajstić information content (AvgIpc) is 3.40. The van der Waals surface area contributed by atoms with Crippen LogP contribution in [0, 0.1) is 5.41 Å². The monoisotopic (exact) mass is 593 g/mol. The maximum absolute atomic E-state index is 14.6. The van der Waals surface area contributed by atoms with Crippen molar-refractivity contribution in [2.75, 3.05) is 4.90 Å². The first-order valence-corrected chi connectivity index (χ1v) is 13.9. The molecule has 0 bridgehead atoms. The van der Waals surface area contributed by atoms with E-state index in [0.717, 1.165) is 21.3 Å². The number of anilines is 1. The summed E-state index contributed by atoms with van der Waals surface area (Å²) in [5.41, 5.74) is 2.32. The highest BCUT2D eigenvalue weighted by atomic mass is 79.9. The van der Waals surface area contributed by atoms with Gasteiger partial charge in [-0.25, -0.2) is 0 Å². The van der Waals surface area contributed by atoms with Crippen LogP contribution in [0.3, 0.4) is 0 Å². The minimum atomic E-state index is -1.51. The first-order valence-electron chi connectivity index (χ1n) is 12.7. The normalized spacial score (nSPS) is 22.1. The van der Waals surface area contributed by atoms with Gasteiger partial charge in [-0.05, 0) is 53.6 Å². The number of nitrogens with zero attached hydrogens (tertiary/aromatic N) is 1. The van der Waals surface area contributed by atoms with Crippen molar-refractivity contribution in [3.8, 4) is 0 Å². The summed E-state index contributed by atoms with van der Waals surface area (Å²) in [6.07, 6.45) is 3.90.